The highest BCUT2D eigenvalue weighted by molar-refractivity contribution is 9.10. The molecular formula is C11H7Br2ClFNS. The van der Waals surface area contributed by atoms with E-state index >= 15 is 0 Å². The Morgan fingerprint density at radius 1 is 1.29 bits per heavy atom. The Labute approximate surface area is 124 Å². The molecule has 0 aliphatic rings. The smallest absolute Gasteiger partial charge is 0.129 e. The van der Waals surface area contributed by atoms with E-state index in [1.165, 1.54) is 17.4 Å². The maximum atomic E-state index is 13.7. The summed E-state index contributed by atoms with van der Waals surface area (Å²) in [5.41, 5.74) is 6.48. The normalized spacial score (nSPS) is 12.8. The van der Waals surface area contributed by atoms with Gasteiger partial charge in [-0.25, -0.2) is 4.39 Å². The fourth-order valence-corrected chi connectivity index (χ4v) is 3.51. The van der Waals surface area contributed by atoms with E-state index in [-0.39, 0.29) is 5.82 Å². The van der Waals surface area contributed by atoms with Crippen molar-refractivity contribution in [3.05, 3.63) is 53.8 Å². The van der Waals surface area contributed by atoms with Crippen LogP contribution in [0.2, 0.25) is 4.34 Å². The van der Waals surface area contributed by atoms with Crippen LogP contribution in [0.15, 0.2) is 33.2 Å². The topological polar surface area (TPSA) is 26.0 Å². The molecule has 0 radical (unpaired) electrons. The molecule has 2 N–H and O–H groups in total. The second-order valence-corrected chi connectivity index (χ2v) is 6.87. The predicted octanol–water partition coefficient (Wildman–Crippen LogP) is 5.11. The summed E-state index contributed by atoms with van der Waals surface area (Å²) in [6.45, 7) is 0. The summed E-state index contributed by atoms with van der Waals surface area (Å²) in [6, 6.07) is 6.16. The van der Waals surface area contributed by atoms with E-state index in [1.54, 1.807) is 12.1 Å². The lowest BCUT2D eigenvalue weighted by Crippen LogP contribution is -2.12. The summed E-state index contributed by atoms with van der Waals surface area (Å²) >= 11 is 13.8. The highest BCUT2D eigenvalue weighted by Gasteiger charge is 2.17. The van der Waals surface area contributed by atoms with Gasteiger partial charge in [0, 0.05) is 19.4 Å². The summed E-state index contributed by atoms with van der Waals surface area (Å²) in [7, 11) is 0. The van der Waals surface area contributed by atoms with Gasteiger partial charge < -0.3 is 5.73 Å². The summed E-state index contributed by atoms with van der Waals surface area (Å²) < 4.78 is 15.8. The van der Waals surface area contributed by atoms with Gasteiger partial charge in [-0.05, 0) is 34.1 Å². The number of benzene rings is 1. The summed E-state index contributed by atoms with van der Waals surface area (Å²) in [6.07, 6.45) is 0. The third-order valence-corrected chi connectivity index (χ3v) is 5.32. The van der Waals surface area contributed by atoms with E-state index in [0.29, 0.717) is 14.4 Å². The van der Waals surface area contributed by atoms with E-state index < -0.39 is 6.04 Å². The molecule has 1 heterocycles. The molecule has 2 rings (SSSR count). The number of thiophene rings is 1. The van der Waals surface area contributed by atoms with Crippen LogP contribution >= 0.6 is 54.8 Å². The minimum atomic E-state index is -0.503. The van der Waals surface area contributed by atoms with E-state index in [2.05, 4.69) is 31.9 Å². The maximum Gasteiger partial charge on any atom is 0.129 e. The molecule has 0 saturated heterocycles. The maximum absolute atomic E-state index is 13.7. The highest BCUT2D eigenvalue weighted by atomic mass is 79.9. The lowest BCUT2D eigenvalue weighted by Gasteiger charge is -2.11. The standard InChI is InChI=1S/C11H7Br2ClFNS/c12-5-1-2-6(8(15)3-5)10(16)9-4-7(13)11(14)17-9/h1-4,10H,16H2. The molecule has 0 amide bonds. The van der Waals surface area contributed by atoms with Gasteiger partial charge in [-0.15, -0.1) is 11.3 Å². The summed E-state index contributed by atoms with van der Waals surface area (Å²) in [5.74, 6) is -0.326. The van der Waals surface area contributed by atoms with Crippen molar-refractivity contribution < 1.29 is 4.39 Å². The molecule has 1 aromatic heterocycles. The van der Waals surface area contributed by atoms with Crippen molar-refractivity contribution in [2.24, 2.45) is 5.73 Å². The Kier molecular flexibility index (Phi) is 4.26. The molecule has 17 heavy (non-hydrogen) atoms. The SMILES string of the molecule is NC(c1cc(Br)c(Cl)s1)c1ccc(Br)cc1F. The number of rotatable bonds is 2. The van der Waals surface area contributed by atoms with Crippen molar-refractivity contribution in [1.29, 1.82) is 0 Å². The van der Waals surface area contributed by atoms with Crippen LogP contribution in [0.3, 0.4) is 0 Å². The number of nitrogens with two attached hydrogens (primary N) is 1. The molecule has 1 atom stereocenters. The van der Waals surface area contributed by atoms with Gasteiger partial charge in [0.25, 0.3) is 0 Å². The van der Waals surface area contributed by atoms with Gasteiger partial charge in [-0.3, -0.25) is 0 Å². The largest absolute Gasteiger partial charge is 0.320 e. The van der Waals surface area contributed by atoms with Crippen molar-refractivity contribution in [2.45, 2.75) is 6.04 Å². The van der Waals surface area contributed by atoms with Gasteiger partial charge in [0.2, 0.25) is 0 Å². The van der Waals surface area contributed by atoms with Crippen molar-refractivity contribution in [3.8, 4) is 0 Å². The van der Waals surface area contributed by atoms with Crippen LogP contribution in [0, 0.1) is 5.82 Å². The molecule has 0 spiro atoms. The minimum absolute atomic E-state index is 0.326. The summed E-state index contributed by atoms with van der Waals surface area (Å²) in [5, 5.41) is 0. The van der Waals surface area contributed by atoms with Gasteiger partial charge in [0.1, 0.15) is 10.2 Å². The highest BCUT2D eigenvalue weighted by Crippen LogP contribution is 2.37. The van der Waals surface area contributed by atoms with Gasteiger partial charge in [-0.1, -0.05) is 33.6 Å². The first kappa shape index (κ1) is 13.5. The van der Waals surface area contributed by atoms with E-state index in [9.17, 15) is 4.39 Å². The van der Waals surface area contributed by atoms with Crippen molar-refractivity contribution in [1.82, 2.24) is 0 Å². The molecule has 1 aromatic carbocycles. The Bertz CT molecular complexity index is 539. The number of hydrogen-bond acceptors (Lipinski definition) is 2. The van der Waals surface area contributed by atoms with Crippen LogP contribution in [0.25, 0.3) is 0 Å². The molecule has 0 fully saturated rings. The van der Waals surface area contributed by atoms with Gasteiger partial charge in [0.15, 0.2) is 0 Å². The monoisotopic (exact) mass is 397 g/mol. The van der Waals surface area contributed by atoms with Crippen molar-refractivity contribution in [3.63, 3.8) is 0 Å². The second-order valence-electron chi connectivity index (χ2n) is 3.41. The average Bonchev–Trinajstić information content (AvgIpc) is 2.58. The van der Waals surface area contributed by atoms with Crippen LogP contribution < -0.4 is 5.73 Å². The fourth-order valence-electron chi connectivity index (χ4n) is 1.42. The van der Waals surface area contributed by atoms with E-state index in [1.807, 2.05) is 6.07 Å². The lowest BCUT2D eigenvalue weighted by atomic mass is 10.1. The van der Waals surface area contributed by atoms with Crippen LogP contribution in [0.5, 0.6) is 0 Å². The fraction of sp³-hybridized carbons (Fsp3) is 0.0909. The van der Waals surface area contributed by atoms with Crippen LogP contribution in [0.4, 0.5) is 4.39 Å². The predicted molar refractivity (Wildman–Crippen MR) is 77.2 cm³/mol. The van der Waals surface area contributed by atoms with Crippen molar-refractivity contribution >= 4 is 54.8 Å². The van der Waals surface area contributed by atoms with E-state index in [0.717, 1.165) is 9.35 Å². The molecule has 1 unspecified atom stereocenters. The second kappa shape index (κ2) is 5.36. The Balaban J connectivity index is 2.39. The van der Waals surface area contributed by atoms with Crippen LogP contribution in [0.1, 0.15) is 16.5 Å². The Hall–Kier alpha value is 0.0600. The molecule has 0 bridgehead atoms. The molecule has 0 saturated carbocycles. The van der Waals surface area contributed by atoms with Crippen LogP contribution in [-0.2, 0) is 0 Å². The molecule has 6 heteroatoms. The van der Waals surface area contributed by atoms with Crippen LogP contribution in [-0.4, -0.2) is 0 Å². The molecule has 2 aromatic rings. The van der Waals surface area contributed by atoms with E-state index in [4.69, 9.17) is 17.3 Å². The molecule has 0 aliphatic carbocycles. The Morgan fingerprint density at radius 2 is 2.00 bits per heavy atom. The zero-order valence-electron chi connectivity index (χ0n) is 8.38. The zero-order chi connectivity index (χ0) is 12.6. The first-order chi connectivity index (χ1) is 7.99. The Morgan fingerprint density at radius 3 is 2.53 bits per heavy atom. The van der Waals surface area contributed by atoms with Gasteiger partial charge >= 0.3 is 0 Å². The van der Waals surface area contributed by atoms with Gasteiger partial charge in [-0.2, -0.15) is 0 Å². The molecule has 0 aliphatic heterocycles. The minimum Gasteiger partial charge on any atom is -0.320 e. The lowest BCUT2D eigenvalue weighted by molar-refractivity contribution is 0.600. The zero-order valence-corrected chi connectivity index (χ0v) is 13.1. The van der Waals surface area contributed by atoms with Crippen molar-refractivity contribution in [2.75, 3.05) is 0 Å². The summed E-state index contributed by atoms with van der Waals surface area (Å²) in [4.78, 5) is 0.822. The number of halogens is 4. The molecular weight excluding hydrogens is 392 g/mol. The average molecular weight is 400 g/mol. The van der Waals surface area contributed by atoms with Gasteiger partial charge in [0.05, 0.1) is 6.04 Å². The quantitative estimate of drug-likeness (QED) is 0.746. The first-order valence-corrected chi connectivity index (χ1v) is 7.42. The molecule has 90 valence electrons. The third-order valence-electron chi connectivity index (χ3n) is 2.27. The number of hydrogen-bond donors (Lipinski definition) is 1. The molecule has 1 nitrogen and oxygen atoms in total. The third kappa shape index (κ3) is 2.90. The first-order valence-electron chi connectivity index (χ1n) is 4.64.